The lowest BCUT2D eigenvalue weighted by atomic mass is 10.1. The minimum Gasteiger partial charge on any atom is -0.293 e. The Morgan fingerprint density at radius 3 is 1.82 bits per heavy atom. The summed E-state index contributed by atoms with van der Waals surface area (Å²) in [6, 6.07) is 6.74. The van der Waals surface area contributed by atoms with E-state index in [1.54, 1.807) is 24.3 Å². The lowest BCUT2D eigenvalue weighted by Crippen LogP contribution is -2.17. The van der Waals surface area contributed by atoms with E-state index < -0.39 is 0 Å². The van der Waals surface area contributed by atoms with Crippen LogP contribution in [0.15, 0.2) is 24.3 Å². The SMILES string of the molecule is CC(=O)NBr.O=C1c2ccccc2C(=O)N1Br. The number of nitrogens with one attached hydrogen (secondary N) is 1. The number of fused-ring (bicyclic) bond motifs is 1. The highest BCUT2D eigenvalue weighted by atomic mass is 79.9. The number of nitrogens with zero attached hydrogens (tertiary/aromatic N) is 1. The molecule has 90 valence electrons. The predicted molar refractivity (Wildman–Crippen MR) is 68.6 cm³/mol. The molecule has 1 aliphatic rings. The van der Waals surface area contributed by atoms with Crippen LogP contribution in [-0.2, 0) is 4.79 Å². The first-order valence-electron chi connectivity index (χ1n) is 4.49. The predicted octanol–water partition coefficient (Wildman–Crippen LogP) is 2.02. The number of hydrogen-bond acceptors (Lipinski definition) is 3. The van der Waals surface area contributed by atoms with Gasteiger partial charge in [0, 0.05) is 23.1 Å². The van der Waals surface area contributed by atoms with Crippen molar-refractivity contribution in [2.45, 2.75) is 6.92 Å². The number of benzene rings is 1. The number of carbonyl (C=O) groups is 3. The van der Waals surface area contributed by atoms with Crippen molar-refractivity contribution in [3.8, 4) is 0 Å². The number of hydrogen-bond donors (Lipinski definition) is 1. The molecule has 0 radical (unpaired) electrons. The van der Waals surface area contributed by atoms with Crippen LogP contribution in [0, 0.1) is 0 Å². The van der Waals surface area contributed by atoms with Crippen LogP contribution < -0.4 is 4.34 Å². The van der Waals surface area contributed by atoms with Crippen molar-refractivity contribution in [3.05, 3.63) is 35.4 Å². The van der Waals surface area contributed by atoms with Gasteiger partial charge in [0.1, 0.15) is 0 Å². The number of rotatable bonds is 0. The molecule has 2 rings (SSSR count). The van der Waals surface area contributed by atoms with Crippen LogP contribution >= 0.6 is 32.3 Å². The van der Waals surface area contributed by atoms with Crippen LogP contribution in [0.3, 0.4) is 0 Å². The lowest BCUT2D eigenvalue weighted by Gasteiger charge is -1.98. The quantitative estimate of drug-likeness (QED) is 0.566. The lowest BCUT2D eigenvalue weighted by molar-refractivity contribution is -0.116. The smallest absolute Gasteiger partial charge is 0.271 e. The van der Waals surface area contributed by atoms with Gasteiger partial charge in [-0.05, 0) is 12.1 Å². The summed E-state index contributed by atoms with van der Waals surface area (Å²) in [5.74, 6) is -0.670. The zero-order valence-electron chi connectivity index (χ0n) is 8.74. The minimum absolute atomic E-state index is 0.0787. The molecule has 5 nitrogen and oxygen atoms in total. The maximum Gasteiger partial charge on any atom is 0.271 e. The molecular formula is C10H8Br2N2O3. The van der Waals surface area contributed by atoms with Gasteiger partial charge in [-0.15, -0.1) is 0 Å². The summed E-state index contributed by atoms with van der Waals surface area (Å²) in [5.41, 5.74) is 0.916. The van der Waals surface area contributed by atoms with E-state index in [9.17, 15) is 14.4 Å². The maximum atomic E-state index is 11.3. The van der Waals surface area contributed by atoms with Crippen LogP contribution in [0.4, 0.5) is 0 Å². The van der Waals surface area contributed by atoms with Gasteiger partial charge >= 0.3 is 0 Å². The molecule has 7 heteroatoms. The molecule has 0 aromatic heterocycles. The fraction of sp³-hybridized carbons (Fsp3) is 0.100. The Bertz CT molecular complexity index is 441. The molecule has 0 aliphatic carbocycles. The molecule has 0 bridgehead atoms. The number of amides is 3. The van der Waals surface area contributed by atoms with E-state index in [1.807, 2.05) is 0 Å². The normalized spacial score (nSPS) is 12.8. The Balaban J connectivity index is 0.000000249. The van der Waals surface area contributed by atoms with E-state index in [2.05, 4.69) is 36.6 Å². The first-order chi connectivity index (χ1) is 7.99. The minimum atomic E-state index is -0.296. The molecule has 0 fully saturated rings. The van der Waals surface area contributed by atoms with E-state index in [1.165, 1.54) is 6.92 Å². The molecular weight excluding hydrogens is 356 g/mol. The standard InChI is InChI=1S/C8H4BrNO2.C2H4BrNO/c9-10-7(11)5-3-1-2-4-6(5)8(10)12;1-2(5)4-3/h1-4H;1H3,(H,4,5). The van der Waals surface area contributed by atoms with Crippen LogP contribution in [0.5, 0.6) is 0 Å². The average Bonchev–Trinajstić information content (AvgIpc) is 2.56. The molecule has 0 saturated heterocycles. The molecule has 3 amide bonds. The first-order valence-corrected chi connectivity index (χ1v) is 6.00. The number of carbonyl (C=O) groups excluding carboxylic acids is 3. The van der Waals surface area contributed by atoms with Gasteiger partial charge in [0.25, 0.3) is 11.8 Å². The third kappa shape index (κ3) is 3.13. The monoisotopic (exact) mass is 362 g/mol. The molecule has 1 N–H and O–H groups in total. The molecule has 0 spiro atoms. The summed E-state index contributed by atoms with van der Waals surface area (Å²) >= 11 is 5.60. The van der Waals surface area contributed by atoms with Gasteiger partial charge in [-0.1, -0.05) is 12.1 Å². The fourth-order valence-electron chi connectivity index (χ4n) is 1.16. The second-order valence-electron chi connectivity index (χ2n) is 3.09. The van der Waals surface area contributed by atoms with Crippen molar-refractivity contribution in [3.63, 3.8) is 0 Å². The zero-order valence-corrected chi connectivity index (χ0v) is 11.9. The summed E-state index contributed by atoms with van der Waals surface area (Å²) in [6.07, 6.45) is 0. The van der Waals surface area contributed by atoms with E-state index in [-0.39, 0.29) is 17.7 Å². The van der Waals surface area contributed by atoms with Crippen LogP contribution in [0.25, 0.3) is 0 Å². The van der Waals surface area contributed by atoms with Gasteiger partial charge in [-0.2, -0.15) is 0 Å². The Morgan fingerprint density at radius 2 is 1.53 bits per heavy atom. The van der Waals surface area contributed by atoms with Gasteiger partial charge in [-0.3, -0.25) is 18.7 Å². The number of imide groups is 1. The van der Waals surface area contributed by atoms with Gasteiger partial charge in [0.05, 0.1) is 27.3 Å². The van der Waals surface area contributed by atoms with Crippen LogP contribution in [-0.4, -0.2) is 21.6 Å². The van der Waals surface area contributed by atoms with Crippen molar-refractivity contribution < 1.29 is 14.4 Å². The fourth-order valence-corrected chi connectivity index (χ4v) is 1.54. The average molecular weight is 364 g/mol. The molecule has 0 atom stereocenters. The Kier molecular flexibility index (Phi) is 4.83. The van der Waals surface area contributed by atoms with Crippen molar-refractivity contribution in [1.29, 1.82) is 0 Å². The molecule has 1 aliphatic heterocycles. The van der Waals surface area contributed by atoms with Gasteiger partial charge in [0.2, 0.25) is 5.91 Å². The molecule has 1 heterocycles. The summed E-state index contributed by atoms with van der Waals surface area (Å²) in [5, 5.41) is 0. The van der Waals surface area contributed by atoms with Gasteiger partial charge in [0.15, 0.2) is 0 Å². The van der Waals surface area contributed by atoms with Crippen molar-refractivity contribution in [2.75, 3.05) is 0 Å². The van der Waals surface area contributed by atoms with Crippen LogP contribution in [0.1, 0.15) is 27.6 Å². The highest BCUT2D eigenvalue weighted by Gasteiger charge is 2.33. The van der Waals surface area contributed by atoms with Crippen molar-refractivity contribution >= 4 is 50.0 Å². The van der Waals surface area contributed by atoms with E-state index >= 15 is 0 Å². The van der Waals surface area contributed by atoms with Gasteiger partial charge < -0.3 is 0 Å². The largest absolute Gasteiger partial charge is 0.293 e. The molecule has 0 unspecified atom stereocenters. The summed E-state index contributed by atoms with van der Waals surface area (Å²) in [7, 11) is 0. The van der Waals surface area contributed by atoms with Gasteiger partial charge in [-0.25, -0.2) is 3.93 Å². The maximum absolute atomic E-state index is 11.3. The highest BCUT2D eigenvalue weighted by Crippen LogP contribution is 2.24. The molecule has 1 aromatic carbocycles. The molecule has 0 saturated carbocycles. The molecule has 17 heavy (non-hydrogen) atoms. The topological polar surface area (TPSA) is 66.5 Å². The van der Waals surface area contributed by atoms with Crippen LogP contribution in [0.2, 0.25) is 0 Å². The zero-order chi connectivity index (χ0) is 13.0. The van der Waals surface area contributed by atoms with Crippen molar-refractivity contribution in [2.24, 2.45) is 0 Å². The Labute approximate surface area is 115 Å². The van der Waals surface area contributed by atoms with E-state index in [4.69, 9.17) is 0 Å². The second kappa shape index (κ2) is 5.92. The highest BCUT2D eigenvalue weighted by molar-refractivity contribution is 9.08. The second-order valence-corrected chi connectivity index (χ2v) is 4.19. The Hall–Kier alpha value is -1.21. The van der Waals surface area contributed by atoms with E-state index in [0.717, 1.165) is 3.93 Å². The first kappa shape index (κ1) is 13.9. The third-order valence-corrected chi connectivity index (χ3v) is 3.08. The Morgan fingerprint density at radius 1 is 1.18 bits per heavy atom. The summed E-state index contributed by atoms with van der Waals surface area (Å²) in [4.78, 5) is 32.2. The molecule has 1 aromatic rings. The summed E-state index contributed by atoms with van der Waals surface area (Å²) in [6.45, 7) is 1.43. The van der Waals surface area contributed by atoms with E-state index in [0.29, 0.717) is 11.1 Å². The van der Waals surface area contributed by atoms with Crippen molar-refractivity contribution in [1.82, 2.24) is 8.27 Å². The number of halogens is 2. The third-order valence-electron chi connectivity index (χ3n) is 1.88. The summed E-state index contributed by atoms with van der Waals surface area (Å²) < 4.78 is 3.14.